The van der Waals surface area contributed by atoms with E-state index in [1.165, 1.54) is 25.1 Å². The van der Waals surface area contributed by atoms with Gasteiger partial charge in [0.25, 0.3) is 0 Å². The summed E-state index contributed by atoms with van der Waals surface area (Å²) in [6, 6.07) is 8.13. The average Bonchev–Trinajstić information content (AvgIpc) is 2.49. The fraction of sp³-hybridized carbons (Fsp3) is 0.176. The van der Waals surface area contributed by atoms with Gasteiger partial charge in [-0.3, -0.25) is 9.59 Å². The molecule has 0 bridgehead atoms. The summed E-state index contributed by atoms with van der Waals surface area (Å²) in [5.74, 6) is -1.66. The van der Waals surface area contributed by atoms with Crippen molar-refractivity contribution in [3.63, 3.8) is 0 Å². The number of carbonyl (C=O) groups is 2. The van der Waals surface area contributed by atoms with Gasteiger partial charge in [-0.25, -0.2) is 4.39 Å². The Morgan fingerprint density at radius 3 is 2.20 bits per heavy atom. The Bertz CT molecular complexity index is 786. The van der Waals surface area contributed by atoms with Crippen LogP contribution in [-0.2, 0) is 22.2 Å². The molecular formula is C17H14F4N2O2. The monoisotopic (exact) mass is 354 g/mol. The van der Waals surface area contributed by atoms with Crippen molar-refractivity contribution in [3.8, 4) is 0 Å². The number of nitrogens with one attached hydrogen (secondary N) is 2. The van der Waals surface area contributed by atoms with Gasteiger partial charge in [0.2, 0.25) is 11.8 Å². The lowest BCUT2D eigenvalue weighted by Crippen LogP contribution is -2.19. The second kappa shape index (κ2) is 7.33. The molecular weight excluding hydrogens is 340 g/mol. The number of hydrogen-bond donors (Lipinski definition) is 2. The molecule has 0 fully saturated rings. The zero-order chi connectivity index (χ0) is 18.6. The van der Waals surface area contributed by atoms with E-state index in [9.17, 15) is 27.2 Å². The third kappa shape index (κ3) is 5.30. The normalized spacial score (nSPS) is 11.1. The highest BCUT2D eigenvalue weighted by atomic mass is 19.4. The molecule has 0 saturated carbocycles. The molecule has 0 saturated heterocycles. The Hall–Kier alpha value is -2.90. The molecule has 2 aromatic rings. The van der Waals surface area contributed by atoms with Gasteiger partial charge >= 0.3 is 6.18 Å². The summed E-state index contributed by atoms with van der Waals surface area (Å²) in [5.41, 5.74) is -1.07. The van der Waals surface area contributed by atoms with E-state index in [0.29, 0.717) is 5.56 Å². The minimum Gasteiger partial charge on any atom is -0.326 e. The molecule has 2 rings (SSSR count). The number of carbonyl (C=O) groups excluding carboxylic acids is 2. The molecule has 0 heterocycles. The van der Waals surface area contributed by atoms with Crippen LogP contribution in [0, 0.1) is 5.82 Å². The second-order valence-electron chi connectivity index (χ2n) is 5.29. The first-order valence-electron chi connectivity index (χ1n) is 7.18. The molecule has 8 heteroatoms. The fourth-order valence-electron chi connectivity index (χ4n) is 2.15. The number of benzene rings is 2. The average molecular weight is 354 g/mol. The van der Waals surface area contributed by atoms with Crippen molar-refractivity contribution < 1.29 is 27.2 Å². The second-order valence-corrected chi connectivity index (χ2v) is 5.29. The highest BCUT2D eigenvalue weighted by Crippen LogP contribution is 2.36. The molecule has 132 valence electrons. The molecule has 0 aliphatic heterocycles. The van der Waals surface area contributed by atoms with E-state index in [0.717, 1.165) is 24.3 Å². The van der Waals surface area contributed by atoms with Crippen molar-refractivity contribution >= 4 is 23.2 Å². The molecule has 2 aromatic carbocycles. The van der Waals surface area contributed by atoms with Crippen LogP contribution < -0.4 is 10.6 Å². The summed E-state index contributed by atoms with van der Waals surface area (Å²) >= 11 is 0. The number of halogens is 4. The Morgan fingerprint density at radius 1 is 1.00 bits per heavy atom. The van der Waals surface area contributed by atoms with Crippen LogP contribution in [0.25, 0.3) is 0 Å². The first-order chi connectivity index (χ1) is 11.6. The standard InChI is InChI=1S/C17H14F4N2O2/c1-10(24)22-13-6-7-15(14(9-13)17(19,20)21)23-16(25)8-11-2-4-12(18)5-3-11/h2-7,9H,8H2,1H3,(H,22,24)(H,23,25). The molecule has 25 heavy (non-hydrogen) atoms. The molecule has 0 unspecified atom stereocenters. The van der Waals surface area contributed by atoms with Gasteiger partial charge in [0.1, 0.15) is 5.82 Å². The van der Waals surface area contributed by atoms with E-state index in [1.807, 2.05) is 0 Å². The van der Waals surface area contributed by atoms with Crippen LogP contribution in [0.1, 0.15) is 18.1 Å². The summed E-state index contributed by atoms with van der Waals surface area (Å²) in [6.45, 7) is 1.17. The molecule has 0 aliphatic rings. The maximum atomic E-state index is 13.2. The highest BCUT2D eigenvalue weighted by Gasteiger charge is 2.34. The summed E-state index contributed by atoms with van der Waals surface area (Å²) in [4.78, 5) is 22.9. The largest absolute Gasteiger partial charge is 0.418 e. The minimum atomic E-state index is -4.72. The Labute approximate surface area is 140 Å². The van der Waals surface area contributed by atoms with Crippen LogP contribution >= 0.6 is 0 Å². The number of rotatable bonds is 4. The van der Waals surface area contributed by atoms with Crippen molar-refractivity contribution in [1.82, 2.24) is 0 Å². The number of alkyl halides is 3. The quantitative estimate of drug-likeness (QED) is 0.816. The molecule has 0 spiro atoms. The third-order valence-electron chi connectivity index (χ3n) is 3.20. The lowest BCUT2D eigenvalue weighted by Gasteiger charge is -2.15. The SMILES string of the molecule is CC(=O)Nc1ccc(NC(=O)Cc2ccc(F)cc2)c(C(F)(F)F)c1. The summed E-state index contributed by atoms with van der Waals surface area (Å²) in [5, 5.41) is 4.45. The van der Waals surface area contributed by atoms with E-state index >= 15 is 0 Å². The maximum absolute atomic E-state index is 13.2. The van der Waals surface area contributed by atoms with E-state index in [1.54, 1.807) is 0 Å². The van der Waals surface area contributed by atoms with E-state index in [2.05, 4.69) is 10.6 Å². The van der Waals surface area contributed by atoms with Crippen molar-refractivity contribution in [2.75, 3.05) is 10.6 Å². The van der Waals surface area contributed by atoms with Gasteiger partial charge < -0.3 is 10.6 Å². The number of anilines is 2. The lowest BCUT2D eigenvalue weighted by molar-refractivity contribution is -0.137. The zero-order valence-corrected chi connectivity index (χ0v) is 13.1. The van der Waals surface area contributed by atoms with Gasteiger partial charge in [0.05, 0.1) is 17.7 Å². The van der Waals surface area contributed by atoms with Crippen molar-refractivity contribution in [2.45, 2.75) is 19.5 Å². The van der Waals surface area contributed by atoms with Crippen molar-refractivity contribution in [2.24, 2.45) is 0 Å². The number of amides is 2. The van der Waals surface area contributed by atoms with Crippen LogP contribution in [0.5, 0.6) is 0 Å². The summed E-state index contributed by atoms with van der Waals surface area (Å²) in [7, 11) is 0. The van der Waals surface area contributed by atoms with Crippen LogP contribution in [-0.4, -0.2) is 11.8 Å². The van der Waals surface area contributed by atoms with E-state index < -0.39 is 35.1 Å². The fourth-order valence-corrected chi connectivity index (χ4v) is 2.15. The van der Waals surface area contributed by atoms with Crippen LogP contribution in [0.4, 0.5) is 28.9 Å². The van der Waals surface area contributed by atoms with Gasteiger partial charge in [-0.2, -0.15) is 13.2 Å². The number of hydrogen-bond acceptors (Lipinski definition) is 2. The zero-order valence-electron chi connectivity index (χ0n) is 13.1. The Balaban J connectivity index is 2.21. The Kier molecular flexibility index (Phi) is 5.41. The molecule has 0 radical (unpaired) electrons. The predicted octanol–water partition coefficient (Wildman–Crippen LogP) is 3.98. The van der Waals surface area contributed by atoms with Crippen LogP contribution in [0.3, 0.4) is 0 Å². The third-order valence-corrected chi connectivity index (χ3v) is 3.20. The smallest absolute Gasteiger partial charge is 0.326 e. The van der Waals surface area contributed by atoms with E-state index in [-0.39, 0.29) is 12.1 Å². The predicted molar refractivity (Wildman–Crippen MR) is 84.5 cm³/mol. The molecule has 0 aliphatic carbocycles. The van der Waals surface area contributed by atoms with E-state index in [4.69, 9.17) is 0 Å². The Morgan fingerprint density at radius 2 is 1.64 bits per heavy atom. The van der Waals surface area contributed by atoms with Crippen molar-refractivity contribution in [1.29, 1.82) is 0 Å². The molecule has 2 N–H and O–H groups in total. The summed E-state index contributed by atoms with van der Waals surface area (Å²) < 4.78 is 52.4. The van der Waals surface area contributed by atoms with Crippen molar-refractivity contribution in [3.05, 3.63) is 59.4 Å². The van der Waals surface area contributed by atoms with Crippen LogP contribution in [0.2, 0.25) is 0 Å². The minimum absolute atomic E-state index is 0.0311. The van der Waals surface area contributed by atoms with Crippen LogP contribution in [0.15, 0.2) is 42.5 Å². The maximum Gasteiger partial charge on any atom is 0.418 e. The summed E-state index contributed by atoms with van der Waals surface area (Å²) in [6.07, 6.45) is -4.92. The molecule has 2 amide bonds. The lowest BCUT2D eigenvalue weighted by atomic mass is 10.1. The first kappa shape index (κ1) is 18.4. The van der Waals surface area contributed by atoms with Gasteiger partial charge in [0.15, 0.2) is 0 Å². The molecule has 0 atom stereocenters. The van der Waals surface area contributed by atoms with Gasteiger partial charge in [0, 0.05) is 12.6 Å². The molecule has 0 aromatic heterocycles. The highest BCUT2D eigenvalue weighted by molar-refractivity contribution is 5.94. The topological polar surface area (TPSA) is 58.2 Å². The van der Waals surface area contributed by atoms with Gasteiger partial charge in [-0.05, 0) is 35.9 Å². The van der Waals surface area contributed by atoms with Gasteiger partial charge in [-0.15, -0.1) is 0 Å². The first-order valence-corrected chi connectivity index (χ1v) is 7.18. The van der Waals surface area contributed by atoms with Gasteiger partial charge in [-0.1, -0.05) is 12.1 Å². The molecule has 4 nitrogen and oxygen atoms in total.